The van der Waals surface area contributed by atoms with Crippen molar-refractivity contribution < 1.29 is 36.9 Å². The molecule has 14 nitrogen and oxygen atoms in total. The van der Waals surface area contributed by atoms with Gasteiger partial charge in [0, 0.05) is 82.9 Å². The predicted octanol–water partition coefficient (Wildman–Crippen LogP) is 5.18. The highest BCUT2D eigenvalue weighted by molar-refractivity contribution is 7.85. The zero-order valence-electron chi connectivity index (χ0n) is 31.4. The first-order chi connectivity index (χ1) is 25.0. The maximum Gasteiger partial charge on any atom is 0.310 e. The van der Waals surface area contributed by atoms with Crippen LogP contribution in [-0.4, -0.2) is 82.9 Å². The molecule has 0 saturated carbocycles. The molecule has 0 saturated heterocycles. The Morgan fingerprint density at radius 2 is 1.51 bits per heavy atom. The molecule has 5 heterocycles. The van der Waals surface area contributed by atoms with Crippen molar-refractivity contribution >= 4 is 55.8 Å². The van der Waals surface area contributed by atoms with Crippen molar-refractivity contribution in [2.45, 2.75) is 90.9 Å². The summed E-state index contributed by atoms with van der Waals surface area (Å²) in [7, 11) is -1.54. The molecule has 2 aliphatic heterocycles. The molecule has 3 aromatic rings. The van der Waals surface area contributed by atoms with Gasteiger partial charge in [-0.2, -0.15) is 8.42 Å². The number of ether oxygens (including phenoxy) is 1. The lowest BCUT2D eigenvalue weighted by Gasteiger charge is -2.18. The highest BCUT2D eigenvalue weighted by Gasteiger charge is 2.34. The van der Waals surface area contributed by atoms with Crippen molar-refractivity contribution in [2.24, 2.45) is 0 Å². The Hall–Kier alpha value is -4.89. The van der Waals surface area contributed by atoms with Crippen molar-refractivity contribution in [2.75, 3.05) is 26.5 Å². The maximum absolute atomic E-state index is 14.0. The van der Waals surface area contributed by atoms with E-state index in [1.54, 1.807) is 14.0 Å². The molecule has 0 aliphatic carbocycles. The number of nitrogens with one attached hydrogen (secondary N) is 4. The summed E-state index contributed by atoms with van der Waals surface area (Å²) in [6, 6.07) is 5.69. The fourth-order valence-corrected chi connectivity index (χ4v) is 8.00. The quantitative estimate of drug-likeness (QED) is 0.0985. The number of aryl methyl sites for hydroxylation is 2. The molecule has 0 radical (unpaired) electrons. The third-order valence-corrected chi connectivity index (χ3v) is 11.4. The first-order valence-electron chi connectivity index (χ1n) is 17.8. The number of rotatable bonds is 11. The van der Waals surface area contributed by atoms with Gasteiger partial charge in [0.2, 0.25) is 5.91 Å². The zero-order valence-corrected chi connectivity index (χ0v) is 32.2. The average molecular weight is 749 g/mol. The first-order valence-corrected chi connectivity index (χ1v) is 19.4. The van der Waals surface area contributed by atoms with Crippen LogP contribution in [0.2, 0.25) is 0 Å². The fraction of sp³-hybridized carbons (Fsp3) is 0.474. The fourth-order valence-electron chi connectivity index (χ4n) is 7.64. The van der Waals surface area contributed by atoms with Crippen LogP contribution in [0.4, 0.5) is 0 Å². The molecule has 2 unspecified atom stereocenters. The molecule has 8 bridgehead atoms. The third-order valence-electron chi connectivity index (χ3n) is 10.6. The molecule has 15 heteroatoms. The molecule has 284 valence electrons. The van der Waals surface area contributed by atoms with Crippen LogP contribution in [-0.2, 0) is 30.9 Å². The largest absolute Gasteiger partial charge is 0.469 e. The Morgan fingerprint density at radius 1 is 0.906 bits per heavy atom. The van der Waals surface area contributed by atoms with Gasteiger partial charge in [0.25, 0.3) is 16.0 Å². The second-order valence-corrected chi connectivity index (χ2v) is 15.5. The van der Waals surface area contributed by atoms with E-state index in [2.05, 4.69) is 34.4 Å². The molecule has 4 atom stereocenters. The molecular weight excluding hydrogens is 701 g/mol. The molecule has 53 heavy (non-hydrogen) atoms. The van der Waals surface area contributed by atoms with Gasteiger partial charge in [0.15, 0.2) is 5.78 Å². The molecule has 0 spiro atoms. The van der Waals surface area contributed by atoms with E-state index in [1.807, 2.05) is 32.0 Å². The molecular formula is C38H48N6O8S. The van der Waals surface area contributed by atoms with E-state index < -0.39 is 27.7 Å². The van der Waals surface area contributed by atoms with Gasteiger partial charge in [-0.1, -0.05) is 20.8 Å². The second-order valence-electron chi connectivity index (χ2n) is 13.9. The lowest BCUT2D eigenvalue weighted by Crippen LogP contribution is -2.29. The summed E-state index contributed by atoms with van der Waals surface area (Å²) in [5, 5.41) is 5.27. The number of Topliss-reactive ketones (excluding diaryl/α,β-unsaturated/α-hetero) is 1. The number of H-pyrrole nitrogens is 2. The van der Waals surface area contributed by atoms with Crippen LogP contribution in [0, 0.1) is 13.8 Å². The minimum atomic E-state index is -4.36. The van der Waals surface area contributed by atoms with Crippen LogP contribution in [0.3, 0.4) is 0 Å². The minimum absolute atomic E-state index is 0.00222. The Labute approximate surface area is 308 Å². The van der Waals surface area contributed by atoms with Crippen molar-refractivity contribution in [3.63, 3.8) is 0 Å². The lowest BCUT2D eigenvalue weighted by atomic mass is 9.85. The topological polar surface area (TPSA) is 213 Å². The van der Waals surface area contributed by atoms with Crippen LogP contribution >= 0.6 is 0 Å². The van der Waals surface area contributed by atoms with Crippen molar-refractivity contribution in [3.8, 4) is 0 Å². The van der Waals surface area contributed by atoms with Gasteiger partial charge in [-0.15, -0.1) is 0 Å². The summed E-state index contributed by atoms with van der Waals surface area (Å²) in [6.07, 6.45) is 1.01. The van der Waals surface area contributed by atoms with Gasteiger partial charge in [-0.25, -0.2) is 0 Å². The standard InChI is InChI=1S/C38H48N6O8S/c1-9-23-18(2)26-17-31-34(22(6)45)20(4)28(42-31)15-27-19(3)24(10-11-32(46)39-7)36(43-27)25(14-33(47)52-8)37-35(38(48)40-12-13-53(49,50)51)21(5)29(44-37)16-30(23)41-26/h15-19,23-24,42,44H,9-14H2,1-8H3,(H,39,46)(H,40,48)(H,49,50,51)/t18?,19?,23-,24+/m1/s1. The number of ketones is 1. The monoisotopic (exact) mass is 748 g/mol. The summed E-state index contributed by atoms with van der Waals surface area (Å²) in [4.78, 5) is 69.8. The van der Waals surface area contributed by atoms with Crippen molar-refractivity contribution in [1.29, 1.82) is 0 Å². The van der Waals surface area contributed by atoms with E-state index in [4.69, 9.17) is 14.7 Å². The number of fused-ring (bicyclic) bond motifs is 8. The van der Waals surface area contributed by atoms with E-state index in [0.717, 1.165) is 23.4 Å². The third kappa shape index (κ3) is 8.05. The van der Waals surface area contributed by atoms with Gasteiger partial charge < -0.3 is 25.3 Å². The number of carbonyl (C=O) groups is 4. The Balaban J connectivity index is 1.98. The molecule has 0 aromatic carbocycles. The van der Waals surface area contributed by atoms with Gasteiger partial charge in [-0.05, 0) is 62.9 Å². The molecule has 5 N–H and O–H groups in total. The van der Waals surface area contributed by atoms with Gasteiger partial charge in [0.05, 0.1) is 41.6 Å². The summed E-state index contributed by atoms with van der Waals surface area (Å²) in [6.45, 7) is 10.9. The minimum Gasteiger partial charge on any atom is -0.469 e. The zero-order chi connectivity index (χ0) is 38.9. The number of hydrogen-bond acceptors (Lipinski definition) is 9. The Morgan fingerprint density at radius 3 is 2.13 bits per heavy atom. The van der Waals surface area contributed by atoms with Crippen molar-refractivity contribution in [3.05, 3.63) is 68.8 Å². The second kappa shape index (κ2) is 15.6. The summed E-state index contributed by atoms with van der Waals surface area (Å²) in [5.41, 5.74) is 7.21. The number of aromatic amines is 2. The number of amides is 2. The van der Waals surface area contributed by atoms with Crippen LogP contribution in [0.1, 0.15) is 131 Å². The number of hydrogen-bond donors (Lipinski definition) is 5. The molecule has 5 rings (SSSR count). The number of aromatic nitrogens is 4. The Kier molecular flexibility index (Phi) is 11.6. The van der Waals surface area contributed by atoms with Crippen LogP contribution in [0.15, 0.2) is 18.2 Å². The van der Waals surface area contributed by atoms with E-state index >= 15 is 0 Å². The predicted molar refractivity (Wildman–Crippen MR) is 201 cm³/mol. The highest BCUT2D eigenvalue weighted by Crippen LogP contribution is 2.43. The number of esters is 1. The lowest BCUT2D eigenvalue weighted by molar-refractivity contribution is -0.139. The van der Waals surface area contributed by atoms with Gasteiger partial charge >= 0.3 is 5.97 Å². The molecule has 3 aromatic heterocycles. The Bertz CT molecular complexity index is 2260. The highest BCUT2D eigenvalue weighted by atomic mass is 32.2. The average Bonchev–Trinajstić information content (AvgIpc) is 3.78. The van der Waals surface area contributed by atoms with Crippen LogP contribution in [0.5, 0.6) is 0 Å². The molecule has 2 aliphatic rings. The van der Waals surface area contributed by atoms with E-state index in [0.29, 0.717) is 56.6 Å². The SMILES string of the molecule is CC[C@H]1c2cc3[nH]c(c(CC(=O)OC)c4nc(cc5[nH]c(cc(n2)C1C)c(C(C)=O)c5C)C(C)[C@@H]4CCC(=O)NC)c(C(=O)NCCS(=O)(=O)O)c3C. The molecule has 2 amide bonds. The normalized spacial score (nSPS) is 18.4. The van der Waals surface area contributed by atoms with Crippen LogP contribution in [0.25, 0.3) is 22.1 Å². The van der Waals surface area contributed by atoms with Gasteiger partial charge in [-0.3, -0.25) is 33.7 Å². The number of nitrogens with zero attached hydrogens (tertiary/aromatic N) is 2. The first kappa shape index (κ1) is 39.3. The summed E-state index contributed by atoms with van der Waals surface area (Å²) < 4.78 is 37.5. The summed E-state index contributed by atoms with van der Waals surface area (Å²) in [5.74, 6) is -2.82. The number of carbonyl (C=O) groups excluding carboxylic acids is 4. The number of methoxy groups -OCH3 is 1. The van der Waals surface area contributed by atoms with E-state index in [-0.39, 0.29) is 60.3 Å². The van der Waals surface area contributed by atoms with E-state index in [1.165, 1.54) is 14.0 Å². The maximum atomic E-state index is 14.0. The van der Waals surface area contributed by atoms with Crippen LogP contribution < -0.4 is 10.6 Å². The van der Waals surface area contributed by atoms with Crippen molar-refractivity contribution in [1.82, 2.24) is 30.6 Å². The summed E-state index contributed by atoms with van der Waals surface area (Å²) >= 11 is 0. The van der Waals surface area contributed by atoms with Gasteiger partial charge in [0.1, 0.15) is 0 Å². The van der Waals surface area contributed by atoms with E-state index in [9.17, 15) is 32.1 Å². The molecule has 0 fully saturated rings. The smallest absolute Gasteiger partial charge is 0.310 e.